The molecular weight excluding hydrogens is 536 g/mol. The summed E-state index contributed by atoms with van der Waals surface area (Å²) in [6.07, 6.45) is -0.991. The molecular formula is C22H26N8O10. The number of anilines is 4. The quantitative estimate of drug-likeness (QED) is 0.110. The third-order valence-corrected chi connectivity index (χ3v) is 5.36. The predicted molar refractivity (Wildman–Crippen MR) is 136 cm³/mol. The first kappa shape index (κ1) is 30.7. The van der Waals surface area contributed by atoms with Gasteiger partial charge < -0.3 is 37.4 Å². The average molecular weight is 562 g/mol. The molecule has 0 unspecified atom stereocenters. The average Bonchev–Trinajstić information content (AvgIpc) is 2.86. The highest BCUT2D eigenvalue weighted by atomic mass is 16.4. The van der Waals surface area contributed by atoms with Gasteiger partial charge in [0.1, 0.15) is 23.7 Å². The van der Waals surface area contributed by atoms with Crippen molar-refractivity contribution < 1.29 is 44.1 Å². The minimum Gasteiger partial charge on any atom is -0.481 e. The fourth-order valence-corrected chi connectivity index (χ4v) is 3.41. The lowest BCUT2D eigenvalue weighted by Crippen LogP contribution is -2.44. The number of hydrogen-bond acceptors (Lipinski definition) is 11. The third-order valence-electron chi connectivity index (χ3n) is 5.36. The van der Waals surface area contributed by atoms with Crippen molar-refractivity contribution in [2.45, 2.75) is 44.2 Å². The number of pyridine rings is 1. The Morgan fingerprint density at radius 1 is 1.02 bits per heavy atom. The van der Waals surface area contributed by atoms with Crippen LogP contribution in [-0.4, -0.2) is 78.5 Å². The normalized spacial score (nSPS) is 12.0. The van der Waals surface area contributed by atoms with E-state index in [0.717, 1.165) is 11.1 Å². The third kappa shape index (κ3) is 8.78. The molecule has 0 saturated heterocycles. The van der Waals surface area contributed by atoms with Gasteiger partial charge in [0.2, 0.25) is 24.2 Å². The second kappa shape index (κ2) is 13.8. The molecule has 2 rings (SSSR count). The standard InChI is InChI=1S/C22H26N8O10/c23-18-11(19(36)29-22(24)28-18)7-16(33)26-10-1-4-14(25-8-10)30(9-31)13(21(39)40)3-5-15(32)27-12(20(37)38)2-6-17(34)35/h1,4,8-9,12-13H,2-3,5-7H2,(H,26,33)(H,27,32)(H,34,35)(H,37,38)(H,39,40)(H5,23,24,28,29,36)/t12-,13-/m0/s1. The topological polar surface area (TPSA) is 301 Å². The molecule has 0 saturated carbocycles. The van der Waals surface area contributed by atoms with Gasteiger partial charge in [-0.05, 0) is 25.0 Å². The molecule has 0 radical (unpaired) electrons. The van der Waals surface area contributed by atoms with Crippen LogP contribution in [0.5, 0.6) is 0 Å². The maximum atomic E-state index is 12.3. The lowest BCUT2D eigenvalue weighted by Gasteiger charge is -2.24. The fourth-order valence-electron chi connectivity index (χ4n) is 3.41. The van der Waals surface area contributed by atoms with Crippen LogP contribution in [0.15, 0.2) is 23.1 Å². The summed E-state index contributed by atoms with van der Waals surface area (Å²) in [6, 6.07) is -0.550. The van der Waals surface area contributed by atoms with Crippen LogP contribution >= 0.6 is 0 Å². The first-order valence-electron chi connectivity index (χ1n) is 11.4. The van der Waals surface area contributed by atoms with E-state index >= 15 is 0 Å². The fraction of sp³-hybridized carbons (Fsp3) is 0.318. The van der Waals surface area contributed by atoms with Gasteiger partial charge in [-0.25, -0.2) is 14.6 Å². The molecule has 0 fully saturated rings. The number of rotatable bonds is 15. The zero-order chi connectivity index (χ0) is 30.0. The van der Waals surface area contributed by atoms with Gasteiger partial charge in [-0.2, -0.15) is 4.98 Å². The van der Waals surface area contributed by atoms with E-state index in [9.17, 15) is 38.7 Å². The molecule has 0 aliphatic heterocycles. The van der Waals surface area contributed by atoms with Gasteiger partial charge in [-0.1, -0.05) is 0 Å². The van der Waals surface area contributed by atoms with E-state index < -0.39 is 73.0 Å². The van der Waals surface area contributed by atoms with Gasteiger partial charge in [0.05, 0.1) is 23.9 Å². The van der Waals surface area contributed by atoms with Crippen molar-refractivity contribution in [1.82, 2.24) is 20.3 Å². The number of nitrogen functional groups attached to an aromatic ring is 2. The lowest BCUT2D eigenvalue weighted by atomic mass is 10.1. The van der Waals surface area contributed by atoms with Crippen LogP contribution in [0.25, 0.3) is 0 Å². The largest absolute Gasteiger partial charge is 0.481 e. The van der Waals surface area contributed by atoms with E-state index in [0.29, 0.717) is 0 Å². The molecule has 2 aromatic heterocycles. The van der Waals surface area contributed by atoms with Crippen molar-refractivity contribution in [3.05, 3.63) is 34.2 Å². The number of nitrogens with one attached hydrogen (secondary N) is 3. The number of carbonyl (C=O) groups is 6. The number of nitrogens with two attached hydrogens (primary N) is 2. The Labute approximate surface area is 224 Å². The van der Waals surface area contributed by atoms with E-state index in [2.05, 4.69) is 25.6 Å². The Morgan fingerprint density at radius 3 is 2.25 bits per heavy atom. The summed E-state index contributed by atoms with van der Waals surface area (Å²) in [7, 11) is 0. The zero-order valence-corrected chi connectivity index (χ0v) is 20.7. The maximum absolute atomic E-state index is 12.3. The molecule has 0 aromatic carbocycles. The molecule has 3 amide bonds. The van der Waals surface area contributed by atoms with Crippen LogP contribution in [0, 0.1) is 0 Å². The number of carboxylic acids is 3. The van der Waals surface area contributed by atoms with E-state index in [-0.39, 0.29) is 41.7 Å². The summed E-state index contributed by atoms with van der Waals surface area (Å²) < 4.78 is 0. The number of carbonyl (C=O) groups excluding carboxylic acids is 3. The summed E-state index contributed by atoms with van der Waals surface area (Å²) in [4.78, 5) is 92.5. The summed E-state index contributed by atoms with van der Waals surface area (Å²) >= 11 is 0. The van der Waals surface area contributed by atoms with Gasteiger partial charge in [0.25, 0.3) is 5.56 Å². The number of aromatic amines is 1. The van der Waals surface area contributed by atoms with Crippen LogP contribution in [0.1, 0.15) is 31.2 Å². The smallest absolute Gasteiger partial charge is 0.326 e. The van der Waals surface area contributed by atoms with Crippen LogP contribution < -0.4 is 32.6 Å². The molecule has 0 bridgehead atoms. The van der Waals surface area contributed by atoms with E-state index in [4.69, 9.17) is 21.7 Å². The second-order valence-corrected chi connectivity index (χ2v) is 8.24. The molecule has 0 aliphatic rings. The number of nitrogens with zero attached hydrogens (tertiary/aromatic N) is 3. The van der Waals surface area contributed by atoms with Crippen molar-refractivity contribution in [1.29, 1.82) is 0 Å². The SMILES string of the molecule is Nc1nc(N)c(CC(=O)Nc2ccc(N(C=O)[C@@H](CCC(=O)N[C@@H](CCC(=O)O)C(=O)O)C(=O)O)nc2)c(=O)[nH]1. The Morgan fingerprint density at radius 2 is 1.73 bits per heavy atom. The van der Waals surface area contributed by atoms with Gasteiger partial charge >= 0.3 is 17.9 Å². The summed E-state index contributed by atoms with van der Waals surface area (Å²) in [5.74, 6) is -6.32. The molecule has 40 heavy (non-hydrogen) atoms. The molecule has 2 atom stereocenters. The van der Waals surface area contributed by atoms with Crippen LogP contribution in [0.2, 0.25) is 0 Å². The van der Waals surface area contributed by atoms with Crippen molar-refractivity contribution >= 4 is 59.4 Å². The molecule has 2 aromatic rings. The van der Waals surface area contributed by atoms with Gasteiger partial charge in [0, 0.05) is 12.8 Å². The minimum absolute atomic E-state index is 0.117. The van der Waals surface area contributed by atoms with E-state index in [1.165, 1.54) is 12.1 Å². The van der Waals surface area contributed by atoms with Crippen molar-refractivity contribution in [3.63, 3.8) is 0 Å². The Bertz CT molecular complexity index is 1340. The summed E-state index contributed by atoms with van der Waals surface area (Å²) in [5.41, 5.74) is 10.3. The zero-order valence-electron chi connectivity index (χ0n) is 20.7. The molecule has 18 heteroatoms. The van der Waals surface area contributed by atoms with E-state index in [1.807, 2.05) is 0 Å². The predicted octanol–water partition coefficient (Wildman–Crippen LogP) is -1.86. The molecule has 18 nitrogen and oxygen atoms in total. The Hall–Kier alpha value is -5.55. The van der Waals surface area contributed by atoms with Crippen molar-refractivity contribution in [2.75, 3.05) is 21.7 Å². The molecule has 10 N–H and O–H groups in total. The Balaban J connectivity index is 2.05. The first-order valence-corrected chi connectivity index (χ1v) is 11.4. The summed E-state index contributed by atoms with van der Waals surface area (Å²) in [6.45, 7) is 0. The molecule has 2 heterocycles. The molecule has 0 aliphatic carbocycles. The number of H-pyrrole nitrogens is 1. The van der Waals surface area contributed by atoms with Gasteiger partial charge in [-0.3, -0.25) is 33.9 Å². The highest BCUT2D eigenvalue weighted by Gasteiger charge is 2.28. The number of aliphatic carboxylic acids is 3. The Kier molecular flexibility index (Phi) is 10.6. The van der Waals surface area contributed by atoms with Gasteiger partial charge in [0.15, 0.2) is 0 Å². The van der Waals surface area contributed by atoms with Crippen molar-refractivity contribution in [2.24, 2.45) is 0 Å². The second-order valence-electron chi connectivity index (χ2n) is 8.24. The number of amides is 3. The number of hydrogen-bond donors (Lipinski definition) is 8. The highest BCUT2D eigenvalue weighted by Crippen LogP contribution is 2.19. The number of carboxylic acid groups (broad SMARTS) is 3. The molecule has 0 spiro atoms. The lowest BCUT2D eigenvalue weighted by molar-refractivity contribution is -0.143. The van der Waals surface area contributed by atoms with Gasteiger partial charge in [-0.15, -0.1) is 0 Å². The molecule has 214 valence electrons. The maximum Gasteiger partial charge on any atom is 0.326 e. The minimum atomic E-state index is -1.58. The number of aromatic nitrogens is 3. The van der Waals surface area contributed by atoms with Crippen LogP contribution in [0.3, 0.4) is 0 Å². The highest BCUT2D eigenvalue weighted by molar-refractivity contribution is 5.93. The summed E-state index contributed by atoms with van der Waals surface area (Å²) in [5, 5.41) is 32.0. The van der Waals surface area contributed by atoms with Crippen LogP contribution in [-0.2, 0) is 35.2 Å². The van der Waals surface area contributed by atoms with E-state index in [1.54, 1.807) is 0 Å². The van der Waals surface area contributed by atoms with Crippen LogP contribution in [0.4, 0.5) is 23.3 Å². The van der Waals surface area contributed by atoms with Crippen molar-refractivity contribution in [3.8, 4) is 0 Å². The first-order chi connectivity index (χ1) is 18.8. The monoisotopic (exact) mass is 562 g/mol.